The summed E-state index contributed by atoms with van der Waals surface area (Å²) in [6, 6.07) is 26.5. The maximum absolute atomic E-state index is 12.8. The average molecular weight is 462 g/mol. The molecule has 6 rings (SSSR count). The summed E-state index contributed by atoms with van der Waals surface area (Å²) >= 11 is 0. The summed E-state index contributed by atoms with van der Waals surface area (Å²) in [6.45, 7) is 0. The Hall–Kier alpha value is -4.22. The van der Waals surface area contributed by atoms with Gasteiger partial charge in [0.15, 0.2) is 0 Å². The van der Waals surface area contributed by atoms with Gasteiger partial charge in [0.2, 0.25) is 0 Å². The summed E-state index contributed by atoms with van der Waals surface area (Å²) in [5, 5.41) is 0. The van der Waals surface area contributed by atoms with Gasteiger partial charge in [-0.2, -0.15) is 0 Å². The second-order valence-electron chi connectivity index (χ2n) is 8.94. The number of ether oxygens (including phenoxy) is 2. The first-order chi connectivity index (χ1) is 17.1. The standard InChI is InChI=1S/C30H23NO4/c31-26(30(33)35-28-14-6-12-23-21-10-4-2-8-19(21)16-25(23)28)17-29(32)34-27-13-5-11-22-20-9-3-1-7-18(20)15-24(22)27/h1-14,26H,15-17,31H2/t26-/m0/s1. The highest BCUT2D eigenvalue weighted by Gasteiger charge is 2.27. The van der Waals surface area contributed by atoms with Crippen LogP contribution in [0.25, 0.3) is 22.3 Å². The van der Waals surface area contributed by atoms with Crippen LogP contribution < -0.4 is 15.2 Å². The molecule has 0 spiro atoms. The molecule has 5 nitrogen and oxygen atoms in total. The van der Waals surface area contributed by atoms with Gasteiger partial charge < -0.3 is 15.2 Å². The van der Waals surface area contributed by atoms with Gasteiger partial charge in [-0.3, -0.25) is 4.79 Å². The molecule has 1 atom stereocenters. The average Bonchev–Trinajstić information content (AvgIpc) is 3.44. The quantitative estimate of drug-likeness (QED) is 0.287. The summed E-state index contributed by atoms with van der Waals surface area (Å²) in [5.41, 5.74) is 14.8. The predicted octanol–water partition coefficient (Wildman–Crippen LogP) is 5.06. The highest BCUT2D eigenvalue weighted by molar-refractivity contribution is 5.87. The predicted molar refractivity (Wildman–Crippen MR) is 133 cm³/mol. The van der Waals surface area contributed by atoms with E-state index in [9.17, 15) is 9.59 Å². The second kappa shape index (κ2) is 8.53. The van der Waals surface area contributed by atoms with Crippen LogP contribution in [-0.2, 0) is 22.4 Å². The molecular weight excluding hydrogens is 438 g/mol. The van der Waals surface area contributed by atoms with Gasteiger partial charge >= 0.3 is 11.9 Å². The molecule has 0 bridgehead atoms. The molecule has 4 aromatic carbocycles. The van der Waals surface area contributed by atoms with Crippen molar-refractivity contribution in [1.29, 1.82) is 0 Å². The molecule has 172 valence electrons. The molecule has 0 heterocycles. The van der Waals surface area contributed by atoms with E-state index in [0.29, 0.717) is 24.3 Å². The number of rotatable bonds is 5. The minimum Gasteiger partial charge on any atom is -0.426 e. The summed E-state index contributed by atoms with van der Waals surface area (Å²) in [6.07, 6.45) is 1.11. The minimum absolute atomic E-state index is 0.273. The lowest BCUT2D eigenvalue weighted by atomic mass is 10.1. The Kier molecular flexibility index (Phi) is 5.20. The zero-order valence-corrected chi connectivity index (χ0v) is 19.0. The fourth-order valence-electron chi connectivity index (χ4n) is 5.06. The van der Waals surface area contributed by atoms with Crippen molar-refractivity contribution in [2.75, 3.05) is 0 Å². The van der Waals surface area contributed by atoms with Crippen LogP contribution in [-0.4, -0.2) is 18.0 Å². The second-order valence-corrected chi connectivity index (χ2v) is 8.94. The first kappa shape index (κ1) is 21.3. The van der Waals surface area contributed by atoms with Crippen LogP contribution in [0, 0.1) is 0 Å². The summed E-state index contributed by atoms with van der Waals surface area (Å²) in [4.78, 5) is 25.4. The molecule has 4 aromatic rings. The maximum Gasteiger partial charge on any atom is 0.328 e. The number of carbonyl (C=O) groups excluding carboxylic acids is 2. The van der Waals surface area contributed by atoms with Crippen LogP contribution in [0.5, 0.6) is 11.5 Å². The Labute approximate surface area is 203 Å². The van der Waals surface area contributed by atoms with Gasteiger partial charge in [0.1, 0.15) is 17.5 Å². The van der Waals surface area contributed by atoms with Crippen molar-refractivity contribution in [2.45, 2.75) is 25.3 Å². The van der Waals surface area contributed by atoms with Crippen LogP contribution in [0.2, 0.25) is 0 Å². The van der Waals surface area contributed by atoms with Crippen molar-refractivity contribution >= 4 is 11.9 Å². The van der Waals surface area contributed by atoms with E-state index in [2.05, 4.69) is 24.3 Å². The first-order valence-corrected chi connectivity index (χ1v) is 11.7. The van der Waals surface area contributed by atoms with Crippen molar-refractivity contribution in [3.05, 3.63) is 107 Å². The fraction of sp³-hybridized carbons (Fsp3) is 0.133. The lowest BCUT2D eigenvalue weighted by molar-refractivity contribution is -0.142. The van der Waals surface area contributed by atoms with E-state index in [0.717, 1.165) is 33.4 Å². The molecule has 2 aliphatic carbocycles. The van der Waals surface area contributed by atoms with E-state index in [1.807, 2.05) is 48.5 Å². The molecule has 0 aromatic heterocycles. The number of hydrogen-bond acceptors (Lipinski definition) is 5. The van der Waals surface area contributed by atoms with E-state index in [1.54, 1.807) is 12.1 Å². The van der Waals surface area contributed by atoms with Gasteiger partial charge in [0.05, 0.1) is 6.42 Å². The number of fused-ring (bicyclic) bond motifs is 6. The number of hydrogen-bond donors (Lipinski definition) is 1. The molecular formula is C30H23NO4. The zero-order valence-electron chi connectivity index (χ0n) is 19.0. The Morgan fingerprint density at radius 1 is 0.657 bits per heavy atom. The van der Waals surface area contributed by atoms with Gasteiger partial charge in [-0.15, -0.1) is 0 Å². The van der Waals surface area contributed by atoms with Gasteiger partial charge in [0.25, 0.3) is 0 Å². The van der Waals surface area contributed by atoms with Crippen LogP contribution in [0.4, 0.5) is 0 Å². The summed E-state index contributed by atoms with van der Waals surface area (Å²) in [7, 11) is 0. The van der Waals surface area contributed by atoms with Crippen molar-refractivity contribution in [3.63, 3.8) is 0 Å². The van der Waals surface area contributed by atoms with Gasteiger partial charge in [-0.25, -0.2) is 4.79 Å². The van der Waals surface area contributed by atoms with Gasteiger partial charge in [-0.1, -0.05) is 72.8 Å². The number of carbonyl (C=O) groups is 2. The zero-order chi connectivity index (χ0) is 23.9. The topological polar surface area (TPSA) is 78.6 Å². The Morgan fingerprint density at radius 2 is 1.14 bits per heavy atom. The summed E-state index contributed by atoms with van der Waals surface area (Å²) in [5.74, 6) is -0.240. The highest BCUT2D eigenvalue weighted by Crippen LogP contribution is 2.42. The van der Waals surface area contributed by atoms with Crippen molar-refractivity contribution < 1.29 is 19.1 Å². The van der Waals surface area contributed by atoms with Crippen molar-refractivity contribution in [2.24, 2.45) is 5.73 Å². The van der Waals surface area contributed by atoms with Crippen LogP contribution >= 0.6 is 0 Å². The third-order valence-electron chi connectivity index (χ3n) is 6.74. The van der Waals surface area contributed by atoms with Crippen LogP contribution in [0.3, 0.4) is 0 Å². The number of nitrogens with two attached hydrogens (primary N) is 1. The number of esters is 2. The molecule has 0 aliphatic heterocycles. The van der Waals surface area contributed by atoms with Crippen molar-refractivity contribution in [1.82, 2.24) is 0 Å². The largest absolute Gasteiger partial charge is 0.426 e. The van der Waals surface area contributed by atoms with Gasteiger partial charge in [0, 0.05) is 24.0 Å². The number of benzene rings is 4. The minimum atomic E-state index is -1.13. The smallest absolute Gasteiger partial charge is 0.328 e. The third-order valence-corrected chi connectivity index (χ3v) is 6.74. The fourth-order valence-corrected chi connectivity index (χ4v) is 5.06. The van der Waals surface area contributed by atoms with E-state index in [4.69, 9.17) is 15.2 Å². The Balaban J connectivity index is 1.13. The molecule has 0 fully saturated rings. The van der Waals surface area contributed by atoms with Crippen LogP contribution in [0.15, 0.2) is 84.9 Å². The molecule has 0 saturated carbocycles. The SMILES string of the molecule is N[C@@H](CC(=O)Oc1cccc2c1Cc1ccccc1-2)C(=O)Oc1cccc2c1Cc1ccccc1-2. The third kappa shape index (κ3) is 3.80. The van der Waals surface area contributed by atoms with Crippen LogP contribution in [0.1, 0.15) is 28.7 Å². The normalized spacial score (nSPS) is 13.3. The van der Waals surface area contributed by atoms with Gasteiger partial charge in [-0.05, 0) is 45.5 Å². The molecule has 35 heavy (non-hydrogen) atoms. The Bertz CT molecular complexity index is 1490. The lowest BCUT2D eigenvalue weighted by Crippen LogP contribution is -2.37. The first-order valence-electron chi connectivity index (χ1n) is 11.7. The molecule has 5 heteroatoms. The molecule has 2 N–H and O–H groups in total. The molecule has 0 saturated heterocycles. The molecule has 0 radical (unpaired) electrons. The van der Waals surface area contributed by atoms with Crippen molar-refractivity contribution in [3.8, 4) is 33.8 Å². The van der Waals surface area contributed by atoms with E-state index in [-0.39, 0.29) is 6.42 Å². The molecule has 0 amide bonds. The maximum atomic E-state index is 12.8. The van der Waals surface area contributed by atoms with E-state index < -0.39 is 18.0 Å². The molecule has 0 unspecified atom stereocenters. The molecule has 2 aliphatic rings. The summed E-state index contributed by atoms with van der Waals surface area (Å²) < 4.78 is 11.3. The monoisotopic (exact) mass is 461 g/mol. The van der Waals surface area contributed by atoms with E-state index >= 15 is 0 Å². The Morgan fingerprint density at radius 3 is 1.71 bits per heavy atom. The highest BCUT2D eigenvalue weighted by atomic mass is 16.5. The van der Waals surface area contributed by atoms with E-state index in [1.165, 1.54) is 11.1 Å². The lowest BCUT2D eigenvalue weighted by Gasteiger charge is -2.14.